The Hall–Kier alpha value is -1.73. The van der Waals surface area contributed by atoms with Gasteiger partial charge in [-0.15, -0.1) is 0 Å². The predicted octanol–water partition coefficient (Wildman–Crippen LogP) is -0.135. The third kappa shape index (κ3) is 1.94. The summed E-state index contributed by atoms with van der Waals surface area (Å²) in [5.74, 6) is 1.04. The van der Waals surface area contributed by atoms with Crippen molar-refractivity contribution in [1.29, 1.82) is 0 Å². The largest absolute Gasteiger partial charge is 0.392 e. The summed E-state index contributed by atoms with van der Waals surface area (Å²) in [6, 6.07) is -0.0529. The number of nitrogens with zero attached hydrogens (tertiary/aromatic N) is 4. The molecule has 2 aromatic heterocycles. The zero-order chi connectivity index (χ0) is 11.8. The Labute approximate surface area is 97.4 Å². The summed E-state index contributed by atoms with van der Waals surface area (Å²) >= 11 is 0. The van der Waals surface area contributed by atoms with Gasteiger partial charge in [-0.1, -0.05) is 5.16 Å². The Morgan fingerprint density at radius 1 is 1.59 bits per heavy atom. The summed E-state index contributed by atoms with van der Waals surface area (Å²) in [7, 11) is 1.83. The number of aryl methyl sites for hydroxylation is 1. The molecule has 0 radical (unpaired) electrons. The maximum atomic E-state index is 9.42. The third-order valence-electron chi connectivity index (χ3n) is 2.81. The fraction of sp³-hybridized carbons (Fsp3) is 0.500. The number of nitrogens with one attached hydrogen (secondary N) is 1. The molecule has 0 unspecified atom stereocenters. The van der Waals surface area contributed by atoms with Gasteiger partial charge < -0.3 is 14.9 Å². The van der Waals surface area contributed by atoms with Crippen molar-refractivity contribution in [3.05, 3.63) is 18.3 Å². The molecule has 0 saturated carbocycles. The standard InChI is InChI=1S/C10H13N5O2/c1-15-5-6(3-12-15)9-13-10(17-14-9)8-2-7(16)4-11-8/h3,5,7-8,11,16H,2,4H2,1H3/t7-,8+/m0/s1. The number of aliphatic hydroxyl groups is 1. The smallest absolute Gasteiger partial charge is 0.244 e. The van der Waals surface area contributed by atoms with E-state index in [9.17, 15) is 5.11 Å². The van der Waals surface area contributed by atoms with Gasteiger partial charge in [0.25, 0.3) is 0 Å². The molecule has 90 valence electrons. The van der Waals surface area contributed by atoms with E-state index in [0.717, 1.165) is 5.56 Å². The lowest BCUT2D eigenvalue weighted by atomic mass is 10.2. The summed E-state index contributed by atoms with van der Waals surface area (Å²) in [6.07, 6.45) is 3.78. The first-order chi connectivity index (χ1) is 8.22. The van der Waals surface area contributed by atoms with Crippen LogP contribution in [0.15, 0.2) is 16.9 Å². The minimum atomic E-state index is -0.339. The van der Waals surface area contributed by atoms with Gasteiger partial charge in [0.2, 0.25) is 11.7 Å². The summed E-state index contributed by atoms with van der Waals surface area (Å²) in [5, 5.41) is 20.5. The van der Waals surface area contributed by atoms with Crippen LogP contribution in [0, 0.1) is 0 Å². The highest BCUT2D eigenvalue weighted by atomic mass is 16.5. The molecule has 0 bridgehead atoms. The van der Waals surface area contributed by atoms with Gasteiger partial charge in [0.15, 0.2) is 0 Å². The van der Waals surface area contributed by atoms with E-state index >= 15 is 0 Å². The third-order valence-corrected chi connectivity index (χ3v) is 2.81. The second kappa shape index (κ2) is 3.94. The van der Waals surface area contributed by atoms with E-state index in [-0.39, 0.29) is 12.1 Å². The monoisotopic (exact) mass is 235 g/mol. The number of hydrogen-bond donors (Lipinski definition) is 2. The molecule has 7 nitrogen and oxygen atoms in total. The Morgan fingerprint density at radius 2 is 2.47 bits per heavy atom. The van der Waals surface area contributed by atoms with Crippen molar-refractivity contribution in [2.45, 2.75) is 18.6 Å². The minimum absolute atomic E-state index is 0.0529. The van der Waals surface area contributed by atoms with Crippen LogP contribution < -0.4 is 5.32 Å². The van der Waals surface area contributed by atoms with E-state index in [2.05, 4.69) is 20.6 Å². The molecule has 2 N–H and O–H groups in total. The molecule has 0 amide bonds. The molecule has 1 aliphatic rings. The molecule has 0 aliphatic carbocycles. The van der Waals surface area contributed by atoms with E-state index in [1.165, 1.54) is 0 Å². The van der Waals surface area contributed by atoms with Gasteiger partial charge >= 0.3 is 0 Å². The number of hydrogen-bond acceptors (Lipinski definition) is 6. The minimum Gasteiger partial charge on any atom is -0.392 e. The number of rotatable bonds is 2. The number of aromatic nitrogens is 4. The van der Waals surface area contributed by atoms with Gasteiger partial charge in [0, 0.05) is 19.8 Å². The van der Waals surface area contributed by atoms with E-state index in [1.807, 2.05) is 13.2 Å². The first-order valence-corrected chi connectivity index (χ1v) is 5.46. The molecule has 17 heavy (non-hydrogen) atoms. The second-order valence-corrected chi connectivity index (χ2v) is 4.21. The van der Waals surface area contributed by atoms with Gasteiger partial charge in [0.05, 0.1) is 23.9 Å². The van der Waals surface area contributed by atoms with Crippen molar-refractivity contribution in [1.82, 2.24) is 25.2 Å². The summed E-state index contributed by atoms with van der Waals surface area (Å²) in [6.45, 7) is 0.565. The Morgan fingerprint density at radius 3 is 3.12 bits per heavy atom. The van der Waals surface area contributed by atoms with Crippen molar-refractivity contribution in [3.63, 3.8) is 0 Å². The van der Waals surface area contributed by atoms with E-state index in [1.54, 1.807) is 10.9 Å². The molecule has 2 aromatic rings. The Balaban J connectivity index is 1.83. The molecule has 1 saturated heterocycles. The van der Waals surface area contributed by atoms with Crippen molar-refractivity contribution in [2.24, 2.45) is 7.05 Å². The lowest BCUT2D eigenvalue weighted by Crippen LogP contribution is -2.15. The maximum Gasteiger partial charge on any atom is 0.244 e. The van der Waals surface area contributed by atoms with Gasteiger partial charge in [-0.25, -0.2) is 0 Å². The highest BCUT2D eigenvalue weighted by molar-refractivity contribution is 5.51. The zero-order valence-electron chi connectivity index (χ0n) is 9.37. The first kappa shape index (κ1) is 10.4. The number of aliphatic hydroxyl groups excluding tert-OH is 1. The van der Waals surface area contributed by atoms with Crippen LogP contribution in [0.5, 0.6) is 0 Å². The SMILES string of the molecule is Cn1cc(-c2noc([C@H]3C[C@H](O)CN3)n2)cn1. The van der Waals surface area contributed by atoms with Crippen LogP contribution in [0.3, 0.4) is 0 Å². The molecular weight excluding hydrogens is 222 g/mol. The van der Waals surface area contributed by atoms with Crippen LogP contribution in [0.2, 0.25) is 0 Å². The fourth-order valence-corrected chi connectivity index (χ4v) is 1.94. The lowest BCUT2D eigenvalue weighted by molar-refractivity contribution is 0.191. The molecule has 0 aromatic carbocycles. The normalized spacial score (nSPS) is 24.4. The van der Waals surface area contributed by atoms with Gasteiger partial charge in [-0.05, 0) is 6.42 Å². The molecule has 2 atom stereocenters. The molecule has 3 rings (SSSR count). The number of β-amino-alcohol motifs (C(OH)–C–C–N with tert-alkyl or cyclic N) is 1. The highest BCUT2D eigenvalue weighted by Gasteiger charge is 2.28. The van der Waals surface area contributed by atoms with Crippen molar-refractivity contribution < 1.29 is 9.63 Å². The summed E-state index contributed by atoms with van der Waals surface area (Å²) < 4.78 is 6.87. The van der Waals surface area contributed by atoms with Gasteiger partial charge in [-0.3, -0.25) is 4.68 Å². The average molecular weight is 235 g/mol. The van der Waals surface area contributed by atoms with Crippen LogP contribution >= 0.6 is 0 Å². The van der Waals surface area contributed by atoms with Crippen molar-refractivity contribution >= 4 is 0 Å². The van der Waals surface area contributed by atoms with Crippen LogP contribution in [0.1, 0.15) is 18.4 Å². The summed E-state index contributed by atoms with van der Waals surface area (Å²) in [4.78, 5) is 4.31. The highest BCUT2D eigenvalue weighted by Crippen LogP contribution is 2.24. The van der Waals surface area contributed by atoms with Gasteiger partial charge in [-0.2, -0.15) is 10.1 Å². The van der Waals surface area contributed by atoms with E-state index in [0.29, 0.717) is 24.7 Å². The van der Waals surface area contributed by atoms with E-state index < -0.39 is 0 Å². The second-order valence-electron chi connectivity index (χ2n) is 4.21. The molecule has 0 spiro atoms. The van der Waals surface area contributed by atoms with Gasteiger partial charge in [0.1, 0.15) is 0 Å². The first-order valence-electron chi connectivity index (χ1n) is 5.46. The lowest BCUT2D eigenvalue weighted by Gasteiger charge is -2.01. The Bertz CT molecular complexity index is 520. The van der Waals surface area contributed by atoms with Crippen LogP contribution in [0.4, 0.5) is 0 Å². The van der Waals surface area contributed by atoms with Crippen LogP contribution in [0.25, 0.3) is 11.4 Å². The van der Waals surface area contributed by atoms with E-state index in [4.69, 9.17) is 4.52 Å². The predicted molar refractivity (Wildman–Crippen MR) is 57.9 cm³/mol. The molecular formula is C10H13N5O2. The average Bonchev–Trinajstić information content (AvgIpc) is 2.96. The molecule has 3 heterocycles. The molecule has 1 fully saturated rings. The van der Waals surface area contributed by atoms with Crippen LogP contribution in [-0.2, 0) is 7.05 Å². The quantitative estimate of drug-likeness (QED) is 0.753. The van der Waals surface area contributed by atoms with Crippen LogP contribution in [-0.4, -0.2) is 37.7 Å². The zero-order valence-corrected chi connectivity index (χ0v) is 9.37. The summed E-state index contributed by atoms with van der Waals surface area (Å²) in [5.41, 5.74) is 0.820. The van der Waals surface area contributed by atoms with Crippen molar-refractivity contribution in [2.75, 3.05) is 6.54 Å². The van der Waals surface area contributed by atoms with Crippen molar-refractivity contribution in [3.8, 4) is 11.4 Å². The molecule has 7 heteroatoms. The Kier molecular flexibility index (Phi) is 2.41. The topological polar surface area (TPSA) is 89.0 Å². The molecule has 1 aliphatic heterocycles. The maximum absolute atomic E-state index is 9.42. The fourth-order valence-electron chi connectivity index (χ4n) is 1.94.